The number of anilines is 2. The van der Waals surface area contributed by atoms with Crippen LogP contribution in [0.25, 0.3) is 27.9 Å². The zero-order valence-electron chi connectivity index (χ0n) is 20.5. The molecular formula is C27H24F4N6O. The van der Waals surface area contributed by atoms with Crippen molar-refractivity contribution in [2.45, 2.75) is 19.5 Å². The quantitative estimate of drug-likeness (QED) is 0.314. The summed E-state index contributed by atoms with van der Waals surface area (Å²) in [4.78, 5) is 11.2. The Bertz CT molecular complexity index is 1510. The van der Waals surface area contributed by atoms with Gasteiger partial charge in [-0.05, 0) is 42.3 Å². The van der Waals surface area contributed by atoms with Crippen molar-refractivity contribution in [1.29, 1.82) is 0 Å². The second kappa shape index (κ2) is 9.39. The molecule has 0 amide bonds. The SMILES string of the molecule is CCNc1cc(F)cc2c1Cc1ncc(-c3cncc(N4CCOCC4)c3)c(-n3ccc(C(F)(F)F)n3)c1-2. The van der Waals surface area contributed by atoms with E-state index >= 15 is 0 Å². The molecule has 4 aromatic rings. The molecule has 2 aliphatic rings. The predicted molar refractivity (Wildman–Crippen MR) is 135 cm³/mol. The number of benzene rings is 1. The number of pyridine rings is 2. The molecule has 0 atom stereocenters. The van der Waals surface area contributed by atoms with Crippen molar-refractivity contribution < 1.29 is 22.3 Å². The maximum atomic E-state index is 14.8. The lowest BCUT2D eigenvalue weighted by molar-refractivity contribution is -0.141. The van der Waals surface area contributed by atoms with E-state index in [1.807, 2.05) is 13.0 Å². The highest BCUT2D eigenvalue weighted by Gasteiger charge is 2.35. The van der Waals surface area contributed by atoms with E-state index in [4.69, 9.17) is 9.72 Å². The van der Waals surface area contributed by atoms with Gasteiger partial charge in [-0.1, -0.05) is 0 Å². The molecule has 1 aromatic carbocycles. The molecule has 4 heterocycles. The molecule has 3 aromatic heterocycles. The monoisotopic (exact) mass is 524 g/mol. The fourth-order valence-corrected chi connectivity index (χ4v) is 5.14. The summed E-state index contributed by atoms with van der Waals surface area (Å²) in [7, 11) is 0. The van der Waals surface area contributed by atoms with Crippen LogP contribution in [0.4, 0.5) is 28.9 Å². The number of fused-ring (bicyclic) bond motifs is 3. The summed E-state index contributed by atoms with van der Waals surface area (Å²) in [5, 5.41) is 7.08. The van der Waals surface area contributed by atoms with Crippen LogP contribution in [0.15, 0.2) is 49.1 Å². The Balaban J connectivity index is 1.57. The normalized spacial score (nSPS) is 14.9. The van der Waals surface area contributed by atoms with Gasteiger partial charge in [0, 0.05) is 67.0 Å². The minimum Gasteiger partial charge on any atom is -0.385 e. The maximum Gasteiger partial charge on any atom is 0.435 e. The second-order valence-electron chi connectivity index (χ2n) is 9.20. The average Bonchev–Trinajstić information content (AvgIpc) is 3.55. The summed E-state index contributed by atoms with van der Waals surface area (Å²) in [6, 6.07) is 5.71. The first-order valence-corrected chi connectivity index (χ1v) is 12.3. The van der Waals surface area contributed by atoms with E-state index in [2.05, 4.69) is 20.3 Å². The van der Waals surface area contributed by atoms with E-state index in [1.165, 1.54) is 23.0 Å². The number of morpholine rings is 1. The van der Waals surface area contributed by atoms with Crippen molar-refractivity contribution in [3.8, 4) is 27.9 Å². The van der Waals surface area contributed by atoms with Gasteiger partial charge in [0.15, 0.2) is 5.69 Å². The summed E-state index contributed by atoms with van der Waals surface area (Å²) in [6.45, 7) is 5.10. The molecule has 7 nitrogen and oxygen atoms in total. The van der Waals surface area contributed by atoms with Crippen molar-refractivity contribution in [2.24, 2.45) is 0 Å². The zero-order chi connectivity index (χ0) is 26.4. The molecule has 0 bridgehead atoms. The summed E-state index contributed by atoms with van der Waals surface area (Å²) in [5.74, 6) is -0.448. The first-order valence-electron chi connectivity index (χ1n) is 12.3. The summed E-state index contributed by atoms with van der Waals surface area (Å²) >= 11 is 0. The molecule has 0 spiro atoms. The van der Waals surface area contributed by atoms with Crippen molar-refractivity contribution in [3.63, 3.8) is 0 Å². The fraction of sp³-hybridized carbons (Fsp3) is 0.296. The van der Waals surface area contributed by atoms with E-state index in [-0.39, 0.29) is 0 Å². The average molecular weight is 525 g/mol. The predicted octanol–water partition coefficient (Wildman–Crippen LogP) is 5.33. The number of ether oxygens (including phenoxy) is 1. The molecule has 0 radical (unpaired) electrons. The molecule has 11 heteroatoms. The Morgan fingerprint density at radius 3 is 2.61 bits per heavy atom. The Labute approximate surface area is 216 Å². The van der Waals surface area contributed by atoms with Crippen molar-refractivity contribution in [1.82, 2.24) is 19.7 Å². The lowest BCUT2D eigenvalue weighted by Crippen LogP contribution is -2.36. The molecule has 1 fully saturated rings. The summed E-state index contributed by atoms with van der Waals surface area (Å²) in [6.07, 6.45) is 2.12. The molecule has 6 rings (SSSR count). The Hall–Kier alpha value is -3.99. The number of nitrogens with zero attached hydrogens (tertiary/aromatic N) is 5. The van der Waals surface area contributed by atoms with Gasteiger partial charge in [-0.15, -0.1) is 0 Å². The fourth-order valence-electron chi connectivity index (χ4n) is 5.14. The van der Waals surface area contributed by atoms with Gasteiger partial charge in [0.1, 0.15) is 5.82 Å². The maximum absolute atomic E-state index is 14.8. The van der Waals surface area contributed by atoms with Crippen molar-refractivity contribution in [3.05, 3.63) is 71.8 Å². The van der Waals surface area contributed by atoms with E-state index in [1.54, 1.807) is 18.6 Å². The smallest absolute Gasteiger partial charge is 0.385 e. The largest absolute Gasteiger partial charge is 0.435 e. The molecular weight excluding hydrogens is 500 g/mol. The van der Waals surface area contributed by atoms with Crippen LogP contribution >= 0.6 is 0 Å². The van der Waals surface area contributed by atoms with Gasteiger partial charge in [-0.25, -0.2) is 9.07 Å². The first kappa shape index (κ1) is 24.4. The summed E-state index contributed by atoms with van der Waals surface area (Å²) in [5.41, 5.74) is 4.74. The minimum absolute atomic E-state index is 0.401. The lowest BCUT2D eigenvalue weighted by Gasteiger charge is -2.28. The Kier molecular flexibility index (Phi) is 6.02. The van der Waals surface area contributed by atoms with Gasteiger partial charge in [-0.2, -0.15) is 18.3 Å². The topological polar surface area (TPSA) is 68.1 Å². The molecule has 1 aliphatic carbocycles. The van der Waals surface area contributed by atoms with Crippen LogP contribution in [0.3, 0.4) is 0 Å². The number of hydrogen-bond acceptors (Lipinski definition) is 6. The van der Waals surface area contributed by atoms with Gasteiger partial charge in [-0.3, -0.25) is 9.97 Å². The molecule has 38 heavy (non-hydrogen) atoms. The lowest BCUT2D eigenvalue weighted by atomic mass is 9.98. The molecule has 0 unspecified atom stereocenters. The van der Waals surface area contributed by atoms with Crippen LogP contribution in [0.1, 0.15) is 23.9 Å². The highest BCUT2D eigenvalue weighted by atomic mass is 19.4. The standard InChI is InChI=1S/C27H24F4N6O/c1-2-33-22-11-17(28)10-20-19(22)12-23-25(20)26(37-4-3-24(35-37)27(29,30)31)21(15-34-23)16-9-18(14-32-13-16)36-5-7-38-8-6-36/h3-4,9-11,13-15,33H,2,5-8,12H2,1H3. The first-order chi connectivity index (χ1) is 18.3. The number of nitrogens with one attached hydrogen (secondary N) is 1. The molecule has 196 valence electrons. The van der Waals surface area contributed by atoms with Crippen LogP contribution in [0.2, 0.25) is 0 Å². The van der Waals surface area contributed by atoms with E-state index in [9.17, 15) is 17.6 Å². The number of halogens is 4. The molecule has 1 saturated heterocycles. The van der Waals surface area contributed by atoms with E-state index in [0.29, 0.717) is 78.6 Å². The van der Waals surface area contributed by atoms with E-state index in [0.717, 1.165) is 17.3 Å². The number of alkyl halides is 3. The third-order valence-corrected chi connectivity index (χ3v) is 6.85. The third-order valence-electron chi connectivity index (χ3n) is 6.85. The highest BCUT2D eigenvalue weighted by molar-refractivity contribution is 5.92. The number of hydrogen-bond donors (Lipinski definition) is 1. The van der Waals surface area contributed by atoms with Crippen LogP contribution in [0, 0.1) is 5.82 Å². The number of aromatic nitrogens is 4. The van der Waals surface area contributed by atoms with Gasteiger partial charge in [0.25, 0.3) is 0 Å². The molecule has 1 N–H and O–H groups in total. The van der Waals surface area contributed by atoms with Crippen LogP contribution in [0.5, 0.6) is 0 Å². The highest BCUT2D eigenvalue weighted by Crippen LogP contribution is 2.46. The van der Waals surface area contributed by atoms with Crippen molar-refractivity contribution in [2.75, 3.05) is 43.1 Å². The third kappa shape index (κ3) is 4.26. The van der Waals surface area contributed by atoms with Crippen LogP contribution in [-0.2, 0) is 17.3 Å². The zero-order valence-corrected chi connectivity index (χ0v) is 20.5. The van der Waals surface area contributed by atoms with Crippen LogP contribution in [-0.4, -0.2) is 52.6 Å². The molecule has 0 saturated carbocycles. The second-order valence-corrected chi connectivity index (χ2v) is 9.20. The van der Waals surface area contributed by atoms with Gasteiger partial charge in [0.05, 0.1) is 36.5 Å². The molecule has 1 aliphatic heterocycles. The van der Waals surface area contributed by atoms with E-state index < -0.39 is 17.7 Å². The Morgan fingerprint density at radius 2 is 1.87 bits per heavy atom. The van der Waals surface area contributed by atoms with Gasteiger partial charge in [0.2, 0.25) is 0 Å². The van der Waals surface area contributed by atoms with Crippen LogP contribution < -0.4 is 10.2 Å². The summed E-state index contributed by atoms with van der Waals surface area (Å²) < 4.78 is 62.0. The Morgan fingerprint density at radius 1 is 1.05 bits per heavy atom. The van der Waals surface area contributed by atoms with Gasteiger partial charge >= 0.3 is 6.18 Å². The van der Waals surface area contributed by atoms with Gasteiger partial charge < -0.3 is 15.0 Å². The van der Waals surface area contributed by atoms with Crippen molar-refractivity contribution >= 4 is 11.4 Å². The minimum atomic E-state index is -4.61. The number of rotatable bonds is 5.